The average molecular weight is 231 g/mol. The molecule has 0 spiro atoms. The van der Waals surface area contributed by atoms with E-state index in [2.05, 4.69) is 5.32 Å². The van der Waals surface area contributed by atoms with Crippen LogP contribution in [0.2, 0.25) is 0 Å². The highest BCUT2D eigenvalue weighted by Gasteiger charge is 2.65. The van der Waals surface area contributed by atoms with E-state index in [0.29, 0.717) is 12.2 Å². The molecule has 1 unspecified atom stereocenters. The van der Waals surface area contributed by atoms with E-state index in [1.807, 2.05) is 0 Å². The van der Waals surface area contributed by atoms with Crippen LogP contribution in [0.3, 0.4) is 0 Å². The number of rotatable bonds is 3. The minimum absolute atomic E-state index is 0.297. The van der Waals surface area contributed by atoms with Crippen molar-refractivity contribution in [2.75, 3.05) is 5.75 Å². The molecule has 8 heteroatoms. The Labute approximate surface area is 89.0 Å². The summed E-state index contributed by atoms with van der Waals surface area (Å²) in [6, 6.07) is -0.836. The van der Waals surface area contributed by atoms with E-state index in [-0.39, 0.29) is 0 Å². The Morgan fingerprint density at radius 1 is 1.80 bits per heavy atom. The van der Waals surface area contributed by atoms with Crippen LogP contribution < -0.4 is 11.1 Å². The lowest BCUT2D eigenvalue weighted by Gasteiger charge is -2.49. The van der Waals surface area contributed by atoms with Crippen molar-refractivity contribution in [3.8, 4) is 0 Å². The Morgan fingerprint density at radius 3 is 3.00 bits per heavy atom. The van der Waals surface area contributed by atoms with Crippen molar-refractivity contribution in [2.45, 2.75) is 17.1 Å². The maximum absolute atomic E-state index is 11.6. The number of nitrogens with one attached hydrogen (secondary N) is 1. The van der Waals surface area contributed by atoms with Crippen LogP contribution in [0.15, 0.2) is 0 Å². The summed E-state index contributed by atoms with van der Waals surface area (Å²) in [4.78, 5) is 33.8. The predicted octanol–water partition coefficient (Wildman–Crippen LogP) is -2.24. The van der Waals surface area contributed by atoms with Gasteiger partial charge in [-0.2, -0.15) is 0 Å². The summed E-state index contributed by atoms with van der Waals surface area (Å²) in [6.07, 6.45) is 0.351. The summed E-state index contributed by atoms with van der Waals surface area (Å²) < 4.78 is 0. The second-order valence-corrected chi connectivity index (χ2v) is 4.50. The van der Waals surface area contributed by atoms with Crippen LogP contribution in [0, 0.1) is 0 Å². The number of hydrogen-bond donors (Lipinski definition) is 3. The van der Waals surface area contributed by atoms with Gasteiger partial charge in [-0.25, -0.2) is 4.79 Å². The Bertz CT molecular complexity index is 349. The third kappa shape index (κ3) is 1.15. The van der Waals surface area contributed by atoms with Gasteiger partial charge < -0.3 is 15.3 Å². The van der Waals surface area contributed by atoms with Gasteiger partial charge in [0.2, 0.25) is 6.41 Å². The maximum Gasteiger partial charge on any atom is 0.327 e. The zero-order valence-corrected chi connectivity index (χ0v) is 8.36. The number of fused-ring (bicyclic) bond motifs is 1. The number of amides is 2. The largest absolute Gasteiger partial charge is 0.480 e. The molecule has 0 radical (unpaired) electrons. The van der Waals surface area contributed by atoms with E-state index in [9.17, 15) is 14.4 Å². The summed E-state index contributed by atoms with van der Waals surface area (Å²) in [5.74, 6) is -1.30. The van der Waals surface area contributed by atoms with Gasteiger partial charge in [-0.3, -0.25) is 15.3 Å². The molecular formula is C7H9N3O4S. The fourth-order valence-corrected chi connectivity index (χ4v) is 3.28. The lowest BCUT2D eigenvalue weighted by Crippen LogP contribution is -2.82. The number of nitrogens with zero attached hydrogens (tertiary/aromatic N) is 1. The molecule has 0 aromatic carbocycles. The van der Waals surface area contributed by atoms with Crippen LogP contribution >= 0.6 is 11.8 Å². The smallest absolute Gasteiger partial charge is 0.327 e. The molecule has 2 fully saturated rings. The van der Waals surface area contributed by atoms with Gasteiger partial charge in [0, 0.05) is 5.75 Å². The molecule has 7 nitrogen and oxygen atoms in total. The van der Waals surface area contributed by atoms with E-state index in [1.165, 1.54) is 16.7 Å². The highest BCUT2D eigenvalue weighted by molar-refractivity contribution is 8.00. The number of nitrogens with two attached hydrogens (primary N) is 1. The van der Waals surface area contributed by atoms with Crippen molar-refractivity contribution in [3.63, 3.8) is 0 Å². The van der Waals surface area contributed by atoms with Crippen LogP contribution in [0.1, 0.15) is 0 Å². The Hall–Kier alpha value is -1.28. The predicted molar refractivity (Wildman–Crippen MR) is 50.6 cm³/mol. The molecule has 0 aromatic rings. The monoisotopic (exact) mass is 231 g/mol. The molecule has 0 aromatic heterocycles. The first-order valence-electron chi connectivity index (χ1n) is 4.19. The zero-order chi connectivity index (χ0) is 11.2. The molecule has 82 valence electrons. The van der Waals surface area contributed by atoms with Crippen molar-refractivity contribution in [3.05, 3.63) is 0 Å². The van der Waals surface area contributed by atoms with Gasteiger partial charge in [0.25, 0.3) is 5.91 Å². The third-order valence-corrected chi connectivity index (χ3v) is 3.98. The van der Waals surface area contributed by atoms with Gasteiger partial charge in [0.15, 0.2) is 5.66 Å². The molecule has 0 aliphatic carbocycles. The second-order valence-electron chi connectivity index (χ2n) is 3.38. The van der Waals surface area contributed by atoms with E-state index < -0.39 is 29.0 Å². The van der Waals surface area contributed by atoms with Gasteiger partial charge >= 0.3 is 5.97 Å². The Balaban J connectivity index is 2.19. The van der Waals surface area contributed by atoms with Crippen LogP contribution in [-0.2, 0) is 14.4 Å². The normalized spacial score (nSPS) is 38.2. The second kappa shape index (κ2) is 3.11. The van der Waals surface area contributed by atoms with Crippen LogP contribution in [0.5, 0.6) is 0 Å². The van der Waals surface area contributed by atoms with Crippen molar-refractivity contribution >= 4 is 30.0 Å². The van der Waals surface area contributed by atoms with Crippen molar-refractivity contribution in [1.82, 2.24) is 10.2 Å². The molecule has 2 saturated heterocycles. The van der Waals surface area contributed by atoms with Gasteiger partial charge in [-0.1, -0.05) is 0 Å². The molecule has 4 N–H and O–H groups in total. The van der Waals surface area contributed by atoms with Crippen molar-refractivity contribution in [2.24, 2.45) is 5.73 Å². The number of β-lactam (4-membered cyclic amide) rings is 1. The highest BCUT2D eigenvalue weighted by atomic mass is 32.2. The van der Waals surface area contributed by atoms with Crippen LogP contribution in [0.25, 0.3) is 0 Å². The fourth-order valence-electron chi connectivity index (χ4n) is 1.78. The van der Waals surface area contributed by atoms with E-state index in [4.69, 9.17) is 10.8 Å². The molecule has 2 heterocycles. The number of carboxylic acids is 1. The van der Waals surface area contributed by atoms with Gasteiger partial charge in [-0.05, 0) is 0 Å². The number of carbonyl (C=O) groups excluding carboxylic acids is 2. The first-order valence-corrected chi connectivity index (χ1v) is 5.24. The first kappa shape index (κ1) is 10.2. The SMILES string of the molecule is N[C@]1(NC=O)C(=O)N2C(C(=O)O)CS[C@@H]21. The van der Waals surface area contributed by atoms with Crippen LogP contribution in [-0.4, -0.2) is 51.1 Å². The molecule has 2 rings (SSSR count). The molecule has 2 amide bonds. The number of carbonyl (C=O) groups is 3. The molecule has 0 bridgehead atoms. The Kier molecular flexibility index (Phi) is 2.12. The third-order valence-electron chi connectivity index (χ3n) is 2.56. The van der Waals surface area contributed by atoms with Gasteiger partial charge in [0.05, 0.1) is 0 Å². The van der Waals surface area contributed by atoms with E-state index in [1.54, 1.807) is 0 Å². The summed E-state index contributed by atoms with van der Waals surface area (Å²) in [6.45, 7) is 0. The molecular weight excluding hydrogens is 222 g/mol. The fraction of sp³-hybridized carbons (Fsp3) is 0.571. The first-order chi connectivity index (χ1) is 7.02. The summed E-state index contributed by atoms with van der Waals surface area (Å²) in [5, 5.41) is 10.6. The maximum atomic E-state index is 11.6. The highest BCUT2D eigenvalue weighted by Crippen LogP contribution is 2.43. The summed E-state index contributed by atoms with van der Waals surface area (Å²) in [7, 11) is 0. The van der Waals surface area contributed by atoms with Gasteiger partial charge in [0.1, 0.15) is 11.4 Å². The average Bonchev–Trinajstić information content (AvgIpc) is 2.59. The quantitative estimate of drug-likeness (QED) is 0.287. The minimum Gasteiger partial charge on any atom is -0.480 e. The summed E-state index contributed by atoms with van der Waals surface area (Å²) >= 11 is 1.26. The topological polar surface area (TPSA) is 113 Å². The van der Waals surface area contributed by atoms with E-state index >= 15 is 0 Å². The molecule has 15 heavy (non-hydrogen) atoms. The van der Waals surface area contributed by atoms with Gasteiger partial charge in [-0.15, -0.1) is 11.8 Å². The lowest BCUT2D eigenvalue weighted by molar-refractivity contribution is -0.166. The van der Waals surface area contributed by atoms with Crippen LogP contribution in [0.4, 0.5) is 0 Å². The number of carboxylic acid groups (broad SMARTS) is 1. The van der Waals surface area contributed by atoms with Crippen molar-refractivity contribution < 1.29 is 19.5 Å². The molecule has 2 aliphatic heterocycles. The number of thioether (sulfide) groups is 1. The minimum atomic E-state index is -1.43. The number of hydrogen-bond acceptors (Lipinski definition) is 5. The Morgan fingerprint density at radius 2 is 2.47 bits per heavy atom. The van der Waals surface area contributed by atoms with E-state index in [0.717, 1.165) is 0 Å². The zero-order valence-electron chi connectivity index (χ0n) is 7.54. The molecule has 0 saturated carbocycles. The lowest BCUT2D eigenvalue weighted by atomic mass is 9.97. The van der Waals surface area contributed by atoms with Crippen molar-refractivity contribution in [1.29, 1.82) is 0 Å². The molecule has 2 aliphatic rings. The number of aliphatic carboxylic acids is 1. The summed E-state index contributed by atoms with van der Waals surface area (Å²) in [5.41, 5.74) is 4.22. The standard InChI is InChI=1S/C7H9N3O4S/c8-7(9-2-11)5(14)10-3(4(12)13)1-15-6(7)10/h2-3,6H,1,8H2,(H,9,11)(H,12,13)/t3?,6-,7+/m1/s1. The molecule has 3 atom stereocenters.